The molecule has 3 N–H and O–H groups in total. The van der Waals surface area contributed by atoms with Gasteiger partial charge in [0.1, 0.15) is 0 Å². The van der Waals surface area contributed by atoms with E-state index in [1.165, 1.54) is 0 Å². The second-order valence-corrected chi connectivity index (χ2v) is 5.19. The minimum Gasteiger partial charge on any atom is -0.399 e. The highest BCUT2D eigenvalue weighted by Crippen LogP contribution is 2.20. The number of rotatable bonds is 4. The maximum absolute atomic E-state index is 11.9. The number of carbonyl (C=O) groups is 1. The Labute approximate surface area is 123 Å². The van der Waals surface area contributed by atoms with E-state index in [-0.39, 0.29) is 5.91 Å². The number of carbonyl (C=O) groups excluding carboxylic acids is 1. The number of nitrogen functional groups attached to an aromatic ring is 1. The van der Waals surface area contributed by atoms with E-state index in [9.17, 15) is 4.79 Å². The highest BCUT2D eigenvalue weighted by molar-refractivity contribution is 6.31. The number of aryl methyl sites for hydroxylation is 2. The van der Waals surface area contributed by atoms with Gasteiger partial charge in [-0.05, 0) is 48.7 Å². The molecule has 0 bridgehead atoms. The van der Waals surface area contributed by atoms with Crippen molar-refractivity contribution in [3.05, 3.63) is 58.6 Å². The zero-order valence-corrected chi connectivity index (χ0v) is 12.1. The molecule has 0 saturated heterocycles. The van der Waals surface area contributed by atoms with Crippen LogP contribution in [0.2, 0.25) is 5.02 Å². The Hall–Kier alpha value is -2.00. The van der Waals surface area contributed by atoms with Crippen molar-refractivity contribution in [1.29, 1.82) is 0 Å². The van der Waals surface area contributed by atoms with Crippen LogP contribution >= 0.6 is 11.6 Å². The van der Waals surface area contributed by atoms with Crippen molar-refractivity contribution in [1.82, 2.24) is 0 Å². The Morgan fingerprint density at radius 3 is 2.80 bits per heavy atom. The van der Waals surface area contributed by atoms with E-state index in [0.717, 1.165) is 16.8 Å². The van der Waals surface area contributed by atoms with Crippen molar-refractivity contribution < 1.29 is 4.79 Å². The molecule has 2 rings (SSSR count). The van der Waals surface area contributed by atoms with E-state index in [1.807, 2.05) is 37.3 Å². The zero-order valence-electron chi connectivity index (χ0n) is 11.3. The molecule has 2 aromatic rings. The number of hydrogen-bond donors (Lipinski definition) is 2. The van der Waals surface area contributed by atoms with Gasteiger partial charge in [-0.2, -0.15) is 0 Å². The van der Waals surface area contributed by atoms with Gasteiger partial charge in [0.05, 0.1) is 0 Å². The first-order chi connectivity index (χ1) is 9.54. The molecule has 0 unspecified atom stereocenters. The highest BCUT2D eigenvalue weighted by atomic mass is 35.5. The molecule has 4 heteroatoms. The molecule has 0 atom stereocenters. The standard InChI is InChI=1S/C16H17ClN2O/c1-11-5-7-13(17)10-15(11)19-16(20)8-6-12-3-2-4-14(18)9-12/h2-5,7,9-10H,6,8,18H2,1H3,(H,19,20). The van der Waals surface area contributed by atoms with Gasteiger partial charge in [-0.3, -0.25) is 4.79 Å². The second kappa shape index (κ2) is 6.44. The average molecular weight is 289 g/mol. The third-order valence-corrected chi connectivity index (χ3v) is 3.30. The maximum atomic E-state index is 11.9. The lowest BCUT2D eigenvalue weighted by molar-refractivity contribution is -0.116. The van der Waals surface area contributed by atoms with Gasteiger partial charge in [0, 0.05) is 22.8 Å². The van der Waals surface area contributed by atoms with E-state index >= 15 is 0 Å². The first-order valence-corrected chi connectivity index (χ1v) is 6.83. The Morgan fingerprint density at radius 1 is 1.25 bits per heavy atom. The van der Waals surface area contributed by atoms with Crippen LogP contribution in [-0.2, 0) is 11.2 Å². The molecule has 0 aliphatic heterocycles. The van der Waals surface area contributed by atoms with Gasteiger partial charge in [0.2, 0.25) is 5.91 Å². The fourth-order valence-electron chi connectivity index (χ4n) is 1.95. The molecule has 2 aromatic carbocycles. The summed E-state index contributed by atoms with van der Waals surface area (Å²) in [6, 6.07) is 13.0. The van der Waals surface area contributed by atoms with E-state index in [1.54, 1.807) is 12.1 Å². The van der Waals surface area contributed by atoms with Crippen LogP contribution in [-0.4, -0.2) is 5.91 Å². The lowest BCUT2D eigenvalue weighted by Crippen LogP contribution is -2.13. The quantitative estimate of drug-likeness (QED) is 0.841. The summed E-state index contributed by atoms with van der Waals surface area (Å²) < 4.78 is 0. The molecule has 0 aliphatic carbocycles. The maximum Gasteiger partial charge on any atom is 0.224 e. The van der Waals surface area contributed by atoms with Gasteiger partial charge in [-0.15, -0.1) is 0 Å². The number of nitrogens with one attached hydrogen (secondary N) is 1. The Bertz CT molecular complexity index is 626. The van der Waals surface area contributed by atoms with E-state index in [4.69, 9.17) is 17.3 Å². The molecule has 20 heavy (non-hydrogen) atoms. The highest BCUT2D eigenvalue weighted by Gasteiger charge is 2.06. The van der Waals surface area contributed by atoms with Gasteiger partial charge in [0.15, 0.2) is 0 Å². The predicted octanol–water partition coefficient (Wildman–Crippen LogP) is 3.80. The summed E-state index contributed by atoms with van der Waals surface area (Å²) in [5, 5.41) is 3.49. The number of hydrogen-bond acceptors (Lipinski definition) is 2. The summed E-state index contributed by atoms with van der Waals surface area (Å²) in [5.41, 5.74) is 9.24. The SMILES string of the molecule is Cc1ccc(Cl)cc1NC(=O)CCc1cccc(N)c1. The minimum absolute atomic E-state index is 0.0298. The lowest BCUT2D eigenvalue weighted by Gasteiger charge is -2.09. The van der Waals surface area contributed by atoms with Gasteiger partial charge >= 0.3 is 0 Å². The molecule has 0 radical (unpaired) electrons. The molecule has 1 amide bonds. The normalized spacial score (nSPS) is 10.3. The number of benzene rings is 2. The number of halogens is 1. The first-order valence-electron chi connectivity index (χ1n) is 6.45. The van der Waals surface area contributed by atoms with Crippen molar-refractivity contribution in [2.24, 2.45) is 0 Å². The van der Waals surface area contributed by atoms with Crippen molar-refractivity contribution in [3.8, 4) is 0 Å². The smallest absolute Gasteiger partial charge is 0.224 e. The van der Waals surface area contributed by atoms with E-state index < -0.39 is 0 Å². The number of nitrogens with two attached hydrogens (primary N) is 1. The Morgan fingerprint density at radius 2 is 2.05 bits per heavy atom. The second-order valence-electron chi connectivity index (χ2n) is 4.75. The topological polar surface area (TPSA) is 55.1 Å². The van der Waals surface area contributed by atoms with Crippen LogP contribution in [0.3, 0.4) is 0 Å². The molecule has 0 fully saturated rings. The fraction of sp³-hybridized carbons (Fsp3) is 0.188. The van der Waals surface area contributed by atoms with Crippen molar-refractivity contribution >= 4 is 28.9 Å². The summed E-state index contributed by atoms with van der Waals surface area (Å²) in [6.07, 6.45) is 1.08. The van der Waals surface area contributed by atoms with Gasteiger partial charge in [0.25, 0.3) is 0 Å². The Kier molecular flexibility index (Phi) is 4.64. The fourth-order valence-corrected chi connectivity index (χ4v) is 2.12. The van der Waals surface area contributed by atoms with Crippen molar-refractivity contribution in [3.63, 3.8) is 0 Å². The summed E-state index contributed by atoms with van der Waals surface area (Å²) in [6.45, 7) is 1.93. The summed E-state index contributed by atoms with van der Waals surface area (Å²) >= 11 is 5.93. The average Bonchev–Trinajstić information content (AvgIpc) is 2.41. The van der Waals surface area contributed by atoms with Crippen LogP contribution in [0.1, 0.15) is 17.5 Å². The van der Waals surface area contributed by atoms with Crippen molar-refractivity contribution in [2.75, 3.05) is 11.1 Å². The van der Waals surface area contributed by atoms with Crippen LogP contribution < -0.4 is 11.1 Å². The van der Waals surface area contributed by atoms with Crippen LogP contribution in [0.5, 0.6) is 0 Å². The van der Waals surface area contributed by atoms with Gasteiger partial charge < -0.3 is 11.1 Å². The first kappa shape index (κ1) is 14.4. The lowest BCUT2D eigenvalue weighted by atomic mass is 10.1. The summed E-state index contributed by atoms with van der Waals surface area (Å²) in [5.74, 6) is -0.0298. The molecule has 0 aromatic heterocycles. The predicted molar refractivity (Wildman–Crippen MR) is 84.0 cm³/mol. The monoisotopic (exact) mass is 288 g/mol. The van der Waals surface area contributed by atoms with Crippen LogP contribution in [0.15, 0.2) is 42.5 Å². The van der Waals surface area contributed by atoms with Crippen LogP contribution in [0.25, 0.3) is 0 Å². The number of amides is 1. The van der Waals surface area contributed by atoms with Crippen molar-refractivity contribution in [2.45, 2.75) is 19.8 Å². The minimum atomic E-state index is -0.0298. The van der Waals surface area contributed by atoms with E-state index in [0.29, 0.717) is 23.6 Å². The molecule has 0 saturated carbocycles. The molecular formula is C16H17ClN2O. The molecule has 104 valence electrons. The summed E-state index contributed by atoms with van der Waals surface area (Å²) in [7, 11) is 0. The number of anilines is 2. The van der Waals surface area contributed by atoms with Crippen LogP contribution in [0, 0.1) is 6.92 Å². The van der Waals surface area contributed by atoms with Crippen LogP contribution in [0.4, 0.5) is 11.4 Å². The third-order valence-electron chi connectivity index (χ3n) is 3.07. The molecule has 0 spiro atoms. The largest absolute Gasteiger partial charge is 0.399 e. The van der Waals surface area contributed by atoms with Gasteiger partial charge in [-0.1, -0.05) is 29.8 Å². The zero-order chi connectivity index (χ0) is 14.5. The summed E-state index contributed by atoms with van der Waals surface area (Å²) in [4.78, 5) is 11.9. The Balaban J connectivity index is 1.94. The molecule has 0 heterocycles. The van der Waals surface area contributed by atoms with Gasteiger partial charge in [-0.25, -0.2) is 0 Å². The molecular weight excluding hydrogens is 272 g/mol. The third kappa shape index (κ3) is 4.00. The molecule has 0 aliphatic rings. The van der Waals surface area contributed by atoms with E-state index in [2.05, 4.69) is 5.32 Å². The molecule has 3 nitrogen and oxygen atoms in total.